The quantitative estimate of drug-likeness (QED) is 0.577. The van der Waals surface area contributed by atoms with Gasteiger partial charge in [-0.15, -0.1) is 0 Å². The Morgan fingerprint density at radius 2 is 1.75 bits per heavy atom. The second kappa shape index (κ2) is 6.32. The molecule has 2 rings (SSSR count). The standard InChI is InChI=1S/C13H8Cl2F3NO4S/c14-7-4-8(15)12(11(5-7)24(20,21)22)23-10-2-1-6(3-9(10)19)13(16,17)18/h1-5H,19H2,(H,20,21,22). The Bertz CT molecular complexity index is 901. The van der Waals surface area contributed by atoms with E-state index in [2.05, 4.69) is 0 Å². The highest BCUT2D eigenvalue weighted by atomic mass is 35.5. The predicted octanol–water partition coefficient (Wildman–Crippen LogP) is 4.63. The van der Waals surface area contributed by atoms with Crippen molar-refractivity contribution in [1.82, 2.24) is 0 Å². The molecule has 0 bridgehead atoms. The van der Waals surface area contributed by atoms with E-state index in [1.54, 1.807) is 0 Å². The lowest BCUT2D eigenvalue weighted by atomic mass is 10.2. The molecular weight excluding hydrogens is 394 g/mol. The van der Waals surface area contributed by atoms with E-state index < -0.39 is 38.2 Å². The molecular formula is C13H8Cl2F3NO4S. The summed E-state index contributed by atoms with van der Waals surface area (Å²) in [6, 6.07) is 4.22. The van der Waals surface area contributed by atoms with Crippen molar-refractivity contribution in [3.05, 3.63) is 45.9 Å². The molecule has 5 nitrogen and oxygen atoms in total. The Balaban J connectivity index is 2.53. The number of rotatable bonds is 3. The molecule has 24 heavy (non-hydrogen) atoms. The van der Waals surface area contributed by atoms with Crippen molar-refractivity contribution in [2.75, 3.05) is 5.73 Å². The van der Waals surface area contributed by atoms with Crippen LogP contribution in [0.25, 0.3) is 0 Å². The number of nitrogens with two attached hydrogens (primary N) is 1. The summed E-state index contributed by atoms with van der Waals surface area (Å²) in [5, 5.41) is -0.380. The number of halogens is 5. The second-order valence-corrected chi connectivity index (χ2v) is 6.78. The maximum absolute atomic E-state index is 12.6. The molecule has 0 aliphatic carbocycles. The fourth-order valence-electron chi connectivity index (χ4n) is 1.76. The minimum Gasteiger partial charge on any atom is -0.452 e. The molecule has 0 saturated carbocycles. The van der Waals surface area contributed by atoms with E-state index in [9.17, 15) is 26.1 Å². The van der Waals surface area contributed by atoms with Gasteiger partial charge in [0, 0.05) is 5.02 Å². The smallest absolute Gasteiger partial charge is 0.416 e. The van der Waals surface area contributed by atoms with E-state index in [-0.39, 0.29) is 15.8 Å². The SMILES string of the molecule is Nc1cc(C(F)(F)F)ccc1Oc1c(Cl)cc(Cl)cc1S(=O)(=O)O. The third-order valence-electron chi connectivity index (χ3n) is 2.80. The lowest BCUT2D eigenvalue weighted by Crippen LogP contribution is -2.06. The molecule has 0 aliphatic rings. The van der Waals surface area contributed by atoms with E-state index in [0.717, 1.165) is 18.2 Å². The fourth-order valence-corrected chi connectivity index (χ4v) is 3.07. The number of benzene rings is 2. The predicted molar refractivity (Wildman–Crippen MR) is 82.2 cm³/mol. The average Bonchev–Trinajstić information content (AvgIpc) is 2.40. The van der Waals surface area contributed by atoms with Crippen LogP contribution in [0.5, 0.6) is 11.5 Å². The molecule has 0 aliphatic heterocycles. The molecule has 3 N–H and O–H groups in total. The van der Waals surface area contributed by atoms with E-state index in [4.69, 9.17) is 33.7 Å². The molecule has 0 amide bonds. The first-order valence-electron chi connectivity index (χ1n) is 6.00. The van der Waals surface area contributed by atoms with Gasteiger partial charge in [0.2, 0.25) is 0 Å². The van der Waals surface area contributed by atoms with Gasteiger partial charge in [-0.05, 0) is 30.3 Å². The average molecular weight is 402 g/mol. The summed E-state index contributed by atoms with van der Waals surface area (Å²) in [6.07, 6.45) is -4.61. The van der Waals surface area contributed by atoms with Crippen LogP contribution in [-0.2, 0) is 16.3 Å². The van der Waals surface area contributed by atoms with Gasteiger partial charge < -0.3 is 10.5 Å². The van der Waals surface area contributed by atoms with Crippen molar-refractivity contribution < 1.29 is 30.9 Å². The van der Waals surface area contributed by atoms with Gasteiger partial charge in [-0.1, -0.05) is 23.2 Å². The van der Waals surface area contributed by atoms with Crippen molar-refractivity contribution in [3.8, 4) is 11.5 Å². The van der Waals surface area contributed by atoms with Gasteiger partial charge in [-0.2, -0.15) is 21.6 Å². The summed E-state index contributed by atoms with van der Waals surface area (Å²) >= 11 is 11.5. The molecule has 0 fully saturated rings. The minimum absolute atomic E-state index is 0.0969. The van der Waals surface area contributed by atoms with Crippen molar-refractivity contribution >= 4 is 39.0 Å². The van der Waals surface area contributed by atoms with Gasteiger partial charge in [0.05, 0.1) is 16.3 Å². The molecule has 0 heterocycles. The molecule has 2 aromatic carbocycles. The Morgan fingerprint density at radius 3 is 2.25 bits per heavy atom. The van der Waals surface area contributed by atoms with Crippen molar-refractivity contribution in [1.29, 1.82) is 0 Å². The van der Waals surface area contributed by atoms with Crippen molar-refractivity contribution in [2.45, 2.75) is 11.1 Å². The first-order valence-corrected chi connectivity index (χ1v) is 8.20. The Kier molecular flexibility index (Phi) is 4.91. The first kappa shape index (κ1) is 18.7. The third-order valence-corrected chi connectivity index (χ3v) is 4.16. The zero-order valence-electron chi connectivity index (χ0n) is 11.4. The van der Waals surface area contributed by atoms with Gasteiger partial charge >= 0.3 is 6.18 Å². The van der Waals surface area contributed by atoms with Crippen LogP contribution in [0, 0.1) is 0 Å². The Hall–Kier alpha value is -1.68. The molecule has 0 saturated heterocycles. The first-order chi connectivity index (χ1) is 10.9. The molecule has 130 valence electrons. The molecule has 0 spiro atoms. The van der Waals surface area contributed by atoms with E-state index in [1.165, 1.54) is 0 Å². The van der Waals surface area contributed by atoms with E-state index in [1.807, 2.05) is 0 Å². The minimum atomic E-state index is -4.76. The van der Waals surface area contributed by atoms with Gasteiger partial charge in [0.25, 0.3) is 10.1 Å². The maximum atomic E-state index is 12.6. The van der Waals surface area contributed by atoms with Crippen LogP contribution >= 0.6 is 23.2 Å². The molecule has 0 aromatic heterocycles. The number of ether oxygens (including phenoxy) is 1. The Labute approximate surface area is 144 Å². The molecule has 2 aromatic rings. The van der Waals surface area contributed by atoms with Gasteiger partial charge in [-0.25, -0.2) is 0 Å². The van der Waals surface area contributed by atoms with E-state index >= 15 is 0 Å². The third kappa shape index (κ3) is 4.04. The van der Waals surface area contributed by atoms with Crippen LogP contribution in [0.1, 0.15) is 5.56 Å². The summed E-state index contributed by atoms with van der Waals surface area (Å²) < 4.78 is 75.0. The summed E-state index contributed by atoms with van der Waals surface area (Å²) in [5.41, 5.74) is 4.08. The molecule has 11 heteroatoms. The zero-order chi connectivity index (χ0) is 18.3. The maximum Gasteiger partial charge on any atom is 0.416 e. The summed E-state index contributed by atoms with van der Waals surface area (Å²) in [6.45, 7) is 0. The van der Waals surface area contributed by atoms with Gasteiger partial charge in [0.1, 0.15) is 10.6 Å². The highest BCUT2D eigenvalue weighted by Crippen LogP contribution is 2.41. The van der Waals surface area contributed by atoms with E-state index in [0.29, 0.717) is 12.1 Å². The normalized spacial score (nSPS) is 12.2. The number of nitrogen functional groups attached to an aromatic ring is 1. The van der Waals surface area contributed by atoms with Crippen LogP contribution < -0.4 is 10.5 Å². The molecule has 0 unspecified atom stereocenters. The monoisotopic (exact) mass is 401 g/mol. The van der Waals surface area contributed by atoms with Crippen LogP contribution in [0.2, 0.25) is 10.0 Å². The second-order valence-electron chi connectivity index (χ2n) is 4.54. The van der Waals surface area contributed by atoms with Gasteiger partial charge in [0.15, 0.2) is 5.75 Å². The van der Waals surface area contributed by atoms with Crippen LogP contribution in [-0.4, -0.2) is 13.0 Å². The Morgan fingerprint density at radius 1 is 1.12 bits per heavy atom. The molecule has 0 radical (unpaired) electrons. The number of anilines is 1. The highest BCUT2D eigenvalue weighted by Gasteiger charge is 2.31. The fraction of sp³-hybridized carbons (Fsp3) is 0.0769. The summed E-state index contributed by atoms with van der Waals surface area (Å²) in [5.74, 6) is -0.799. The number of hydrogen-bond donors (Lipinski definition) is 2. The van der Waals surface area contributed by atoms with Crippen molar-refractivity contribution in [3.63, 3.8) is 0 Å². The summed E-state index contributed by atoms with van der Waals surface area (Å²) in [7, 11) is -4.76. The number of hydrogen-bond acceptors (Lipinski definition) is 4. The van der Waals surface area contributed by atoms with Crippen LogP contribution in [0.3, 0.4) is 0 Å². The van der Waals surface area contributed by atoms with Gasteiger partial charge in [-0.3, -0.25) is 4.55 Å². The molecule has 0 atom stereocenters. The van der Waals surface area contributed by atoms with Crippen LogP contribution in [0.4, 0.5) is 18.9 Å². The zero-order valence-corrected chi connectivity index (χ0v) is 13.8. The highest BCUT2D eigenvalue weighted by molar-refractivity contribution is 7.86. The largest absolute Gasteiger partial charge is 0.452 e. The van der Waals surface area contributed by atoms with Crippen LogP contribution in [0.15, 0.2) is 35.2 Å². The van der Waals surface area contributed by atoms with Crippen molar-refractivity contribution in [2.24, 2.45) is 0 Å². The topological polar surface area (TPSA) is 89.6 Å². The lowest BCUT2D eigenvalue weighted by molar-refractivity contribution is -0.137. The number of alkyl halides is 3. The lowest BCUT2D eigenvalue weighted by Gasteiger charge is -2.14. The summed E-state index contributed by atoms with van der Waals surface area (Å²) in [4.78, 5) is -0.751.